The van der Waals surface area contributed by atoms with Crippen LogP contribution >= 0.6 is 23.7 Å². The predicted molar refractivity (Wildman–Crippen MR) is 114 cm³/mol. The number of ether oxygens (including phenoxy) is 3. The Balaban J connectivity index is 0.00000300. The van der Waals surface area contributed by atoms with Gasteiger partial charge < -0.3 is 25.3 Å². The molecule has 3 aromatic rings. The number of nitrogens with zero attached hydrogens (tertiary/aromatic N) is 1. The molecule has 29 heavy (non-hydrogen) atoms. The molecule has 1 heterocycles. The maximum atomic E-state index is 12.5. The Bertz CT molecular complexity index is 951. The van der Waals surface area contributed by atoms with E-state index in [0.717, 1.165) is 11.3 Å². The number of rotatable bonds is 8. The summed E-state index contributed by atoms with van der Waals surface area (Å²) in [5.41, 5.74) is 9.57. The summed E-state index contributed by atoms with van der Waals surface area (Å²) < 4.78 is 16.6. The summed E-state index contributed by atoms with van der Waals surface area (Å²) in [6, 6.07) is 10.4. The Morgan fingerprint density at radius 3 is 2.55 bits per heavy atom. The van der Waals surface area contributed by atoms with E-state index >= 15 is 0 Å². The highest BCUT2D eigenvalue weighted by Gasteiger charge is 2.13. The van der Waals surface area contributed by atoms with E-state index in [1.807, 2.05) is 11.4 Å². The molecular formula is C20H22ClN3O4S. The summed E-state index contributed by atoms with van der Waals surface area (Å²) in [4.78, 5) is 16.6. The molecule has 0 spiro atoms. The topological polar surface area (TPSA) is 95.7 Å². The molecular weight excluding hydrogens is 414 g/mol. The first-order valence-corrected chi connectivity index (χ1v) is 9.47. The summed E-state index contributed by atoms with van der Waals surface area (Å²) >= 11 is 1.48. The summed E-state index contributed by atoms with van der Waals surface area (Å²) in [5, 5.41) is 4.73. The summed E-state index contributed by atoms with van der Waals surface area (Å²) in [7, 11) is 3.12. The Hall–Kier alpha value is -2.81. The van der Waals surface area contributed by atoms with Crippen molar-refractivity contribution in [3.63, 3.8) is 0 Å². The molecule has 0 aliphatic rings. The molecule has 1 amide bonds. The lowest BCUT2D eigenvalue weighted by Gasteiger charge is -2.14. The molecule has 2 aromatic carbocycles. The van der Waals surface area contributed by atoms with Gasteiger partial charge in [0.05, 0.1) is 32.0 Å². The van der Waals surface area contributed by atoms with Crippen molar-refractivity contribution in [2.45, 2.75) is 13.1 Å². The average molecular weight is 436 g/mol. The first-order valence-electron chi connectivity index (χ1n) is 8.52. The van der Waals surface area contributed by atoms with E-state index in [1.54, 1.807) is 50.1 Å². The lowest BCUT2D eigenvalue weighted by molar-refractivity contribution is 0.0950. The highest BCUT2D eigenvalue weighted by molar-refractivity contribution is 7.07. The van der Waals surface area contributed by atoms with Crippen LogP contribution in [0.2, 0.25) is 0 Å². The molecule has 0 aliphatic heterocycles. The van der Waals surface area contributed by atoms with E-state index in [2.05, 4.69) is 10.3 Å². The molecule has 0 aliphatic carbocycles. The van der Waals surface area contributed by atoms with Crippen molar-refractivity contribution in [3.05, 3.63) is 64.1 Å². The van der Waals surface area contributed by atoms with Crippen LogP contribution < -0.4 is 25.3 Å². The molecule has 0 bridgehead atoms. The minimum absolute atomic E-state index is 0. The van der Waals surface area contributed by atoms with Crippen LogP contribution in [0.15, 0.2) is 47.3 Å². The molecule has 0 radical (unpaired) electrons. The Morgan fingerprint density at radius 1 is 1.10 bits per heavy atom. The first-order chi connectivity index (χ1) is 13.6. The summed E-state index contributed by atoms with van der Waals surface area (Å²) in [6.45, 7) is 0.726. The van der Waals surface area contributed by atoms with Gasteiger partial charge in [-0.25, -0.2) is 4.98 Å². The number of hydrogen-bond donors (Lipinski definition) is 2. The van der Waals surface area contributed by atoms with Gasteiger partial charge in [-0.2, -0.15) is 0 Å². The van der Waals surface area contributed by atoms with Crippen LogP contribution in [0.25, 0.3) is 0 Å². The zero-order chi connectivity index (χ0) is 19.9. The fourth-order valence-corrected chi connectivity index (χ4v) is 3.14. The third kappa shape index (κ3) is 5.60. The standard InChI is InChI=1S/C20H21N3O4S.ClH/c1-25-17-6-4-13(20(24)22-10-15-11-28-12-23-15)7-19(17)27-16-5-3-14(9-21)18(8-16)26-2;/h3-8,11-12H,9-10,21H2,1-2H3,(H,22,24);1H. The summed E-state index contributed by atoms with van der Waals surface area (Å²) in [5.74, 6) is 1.89. The fourth-order valence-electron chi connectivity index (χ4n) is 2.58. The van der Waals surface area contributed by atoms with Gasteiger partial charge in [-0.1, -0.05) is 6.07 Å². The van der Waals surface area contributed by atoms with Gasteiger partial charge in [0.1, 0.15) is 11.5 Å². The second-order valence-electron chi connectivity index (χ2n) is 5.81. The SMILES string of the molecule is COc1cc(Oc2cc(C(=O)NCc3cscn3)ccc2OC)ccc1CN.Cl. The predicted octanol–water partition coefficient (Wildman–Crippen LogP) is 3.76. The lowest BCUT2D eigenvalue weighted by atomic mass is 10.1. The number of nitrogens with two attached hydrogens (primary N) is 1. The zero-order valence-corrected chi connectivity index (χ0v) is 17.6. The van der Waals surface area contributed by atoms with Gasteiger partial charge in [-0.15, -0.1) is 23.7 Å². The molecule has 0 saturated carbocycles. The number of benzene rings is 2. The van der Waals surface area contributed by atoms with Crippen molar-refractivity contribution < 1.29 is 19.0 Å². The van der Waals surface area contributed by atoms with Crippen molar-refractivity contribution in [1.82, 2.24) is 10.3 Å². The van der Waals surface area contributed by atoms with E-state index in [-0.39, 0.29) is 18.3 Å². The van der Waals surface area contributed by atoms with Gasteiger partial charge in [-0.05, 0) is 24.3 Å². The van der Waals surface area contributed by atoms with Crippen LogP contribution in [-0.2, 0) is 13.1 Å². The van der Waals surface area contributed by atoms with E-state index in [4.69, 9.17) is 19.9 Å². The molecule has 0 atom stereocenters. The third-order valence-corrected chi connectivity index (χ3v) is 4.68. The Morgan fingerprint density at radius 2 is 1.90 bits per heavy atom. The largest absolute Gasteiger partial charge is 0.496 e. The first kappa shape index (κ1) is 22.5. The smallest absolute Gasteiger partial charge is 0.251 e. The van der Waals surface area contributed by atoms with Crippen molar-refractivity contribution in [1.29, 1.82) is 0 Å². The molecule has 3 rings (SSSR count). The molecule has 154 valence electrons. The number of aromatic nitrogens is 1. The van der Waals surface area contributed by atoms with Crippen molar-refractivity contribution in [2.75, 3.05) is 14.2 Å². The van der Waals surface area contributed by atoms with Gasteiger partial charge in [-0.3, -0.25) is 4.79 Å². The number of nitrogens with one attached hydrogen (secondary N) is 1. The number of methoxy groups -OCH3 is 2. The molecule has 7 nitrogen and oxygen atoms in total. The highest BCUT2D eigenvalue weighted by Crippen LogP contribution is 2.34. The maximum absolute atomic E-state index is 12.5. The lowest BCUT2D eigenvalue weighted by Crippen LogP contribution is -2.22. The van der Waals surface area contributed by atoms with Gasteiger partial charge in [0, 0.05) is 29.1 Å². The Labute approximate surface area is 179 Å². The summed E-state index contributed by atoms with van der Waals surface area (Å²) in [6.07, 6.45) is 0. The molecule has 0 unspecified atom stereocenters. The van der Waals surface area contributed by atoms with Crippen LogP contribution in [0, 0.1) is 0 Å². The molecule has 0 saturated heterocycles. The van der Waals surface area contributed by atoms with Crippen molar-refractivity contribution >= 4 is 29.7 Å². The molecule has 3 N–H and O–H groups in total. The van der Waals surface area contributed by atoms with Crippen molar-refractivity contribution in [2.24, 2.45) is 5.73 Å². The number of amides is 1. The van der Waals surface area contributed by atoms with E-state index in [1.165, 1.54) is 11.3 Å². The van der Waals surface area contributed by atoms with Crippen LogP contribution in [-0.4, -0.2) is 25.1 Å². The maximum Gasteiger partial charge on any atom is 0.251 e. The second-order valence-corrected chi connectivity index (χ2v) is 6.53. The van der Waals surface area contributed by atoms with Gasteiger partial charge in [0.15, 0.2) is 11.5 Å². The van der Waals surface area contributed by atoms with Crippen LogP contribution in [0.5, 0.6) is 23.0 Å². The molecule has 9 heteroatoms. The minimum atomic E-state index is -0.225. The number of hydrogen-bond acceptors (Lipinski definition) is 7. The van der Waals surface area contributed by atoms with E-state index < -0.39 is 0 Å². The zero-order valence-electron chi connectivity index (χ0n) is 16.0. The monoisotopic (exact) mass is 435 g/mol. The van der Waals surface area contributed by atoms with Gasteiger partial charge in [0.2, 0.25) is 0 Å². The van der Waals surface area contributed by atoms with E-state index in [9.17, 15) is 4.79 Å². The highest BCUT2D eigenvalue weighted by atomic mass is 35.5. The molecule has 0 fully saturated rings. The normalized spacial score (nSPS) is 10.0. The van der Waals surface area contributed by atoms with E-state index in [0.29, 0.717) is 41.7 Å². The number of carbonyl (C=O) groups is 1. The van der Waals surface area contributed by atoms with Crippen molar-refractivity contribution in [3.8, 4) is 23.0 Å². The van der Waals surface area contributed by atoms with Gasteiger partial charge in [0.25, 0.3) is 5.91 Å². The number of thiazole rings is 1. The Kier molecular flexibility index (Phi) is 8.26. The number of halogens is 1. The second kappa shape index (κ2) is 10.7. The quantitative estimate of drug-likeness (QED) is 0.559. The van der Waals surface area contributed by atoms with Crippen LogP contribution in [0.4, 0.5) is 0 Å². The fraction of sp³-hybridized carbons (Fsp3) is 0.200. The van der Waals surface area contributed by atoms with Crippen LogP contribution in [0.1, 0.15) is 21.6 Å². The minimum Gasteiger partial charge on any atom is -0.496 e. The van der Waals surface area contributed by atoms with Gasteiger partial charge >= 0.3 is 0 Å². The number of carbonyl (C=O) groups excluding carboxylic acids is 1. The van der Waals surface area contributed by atoms with Crippen LogP contribution in [0.3, 0.4) is 0 Å². The average Bonchev–Trinajstić information content (AvgIpc) is 3.25. The third-order valence-electron chi connectivity index (χ3n) is 4.05. The molecule has 1 aromatic heterocycles.